The molecule has 3 amide bonds. The third-order valence-electron chi connectivity index (χ3n) is 4.13. The van der Waals surface area contributed by atoms with Gasteiger partial charge in [0.05, 0.1) is 10.6 Å². The van der Waals surface area contributed by atoms with Gasteiger partial charge in [-0.2, -0.15) is 0 Å². The van der Waals surface area contributed by atoms with Gasteiger partial charge in [-0.3, -0.25) is 10.1 Å². The number of nitrogens with zero attached hydrogens (tertiary/aromatic N) is 1. The number of rotatable bonds is 6. The third-order valence-corrected chi connectivity index (χ3v) is 4.71. The summed E-state index contributed by atoms with van der Waals surface area (Å²) in [4.78, 5) is 24.2. The smallest absolute Gasteiger partial charge is 0.326 e. The summed E-state index contributed by atoms with van der Waals surface area (Å²) >= 11 is 11.8. The molecule has 0 unspecified atom stereocenters. The van der Waals surface area contributed by atoms with Gasteiger partial charge in [0.2, 0.25) is 0 Å². The standard InChI is InChI=1S/C22H17Cl2N3O4/c23-15-7-5-14(6-8-15)20(27-30)13-31-17-11-9-16(10-12-17)25-22(29)26-21(28)18-3-1-2-4-19(18)24/h1-12,30H,13H2,(H2,25,26,28,29). The summed E-state index contributed by atoms with van der Waals surface area (Å²) in [5, 5.41) is 18.1. The molecule has 158 valence electrons. The number of hydrogen-bond donors (Lipinski definition) is 3. The molecule has 0 fully saturated rings. The van der Waals surface area contributed by atoms with Gasteiger partial charge in [-0.1, -0.05) is 52.6 Å². The Hall–Kier alpha value is -3.55. The zero-order valence-corrected chi connectivity index (χ0v) is 17.5. The first-order valence-electron chi connectivity index (χ1n) is 9.03. The van der Waals surface area contributed by atoms with E-state index in [1.54, 1.807) is 66.7 Å². The van der Waals surface area contributed by atoms with Crippen LogP contribution in [0, 0.1) is 0 Å². The Morgan fingerprint density at radius 2 is 1.61 bits per heavy atom. The van der Waals surface area contributed by atoms with E-state index in [1.165, 1.54) is 6.07 Å². The Kier molecular flexibility index (Phi) is 7.48. The fourth-order valence-corrected chi connectivity index (χ4v) is 2.92. The summed E-state index contributed by atoms with van der Waals surface area (Å²) in [6, 6.07) is 19.0. The number of halogens is 2. The molecule has 3 rings (SSSR count). The van der Waals surface area contributed by atoms with Crippen molar-refractivity contribution in [2.75, 3.05) is 11.9 Å². The second-order valence-electron chi connectivity index (χ2n) is 6.25. The quantitative estimate of drug-likeness (QED) is 0.268. The molecule has 0 aliphatic carbocycles. The molecule has 0 aromatic heterocycles. The van der Waals surface area contributed by atoms with E-state index in [0.29, 0.717) is 27.7 Å². The monoisotopic (exact) mass is 457 g/mol. The van der Waals surface area contributed by atoms with E-state index in [-0.39, 0.29) is 17.2 Å². The number of benzene rings is 3. The third kappa shape index (κ3) is 6.21. The number of carbonyl (C=O) groups excluding carboxylic acids is 2. The molecule has 0 radical (unpaired) electrons. The fraction of sp³-hybridized carbons (Fsp3) is 0.0455. The van der Waals surface area contributed by atoms with Crippen LogP contribution in [-0.2, 0) is 0 Å². The lowest BCUT2D eigenvalue weighted by Gasteiger charge is -2.10. The highest BCUT2D eigenvalue weighted by atomic mass is 35.5. The summed E-state index contributed by atoms with van der Waals surface area (Å²) in [6.07, 6.45) is 0. The second-order valence-corrected chi connectivity index (χ2v) is 7.10. The van der Waals surface area contributed by atoms with Crippen molar-refractivity contribution in [2.45, 2.75) is 0 Å². The van der Waals surface area contributed by atoms with Crippen molar-refractivity contribution < 1.29 is 19.5 Å². The minimum Gasteiger partial charge on any atom is -0.487 e. The molecule has 3 aromatic carbocycles. The molecule has 3 N–H and O–H groups in total. The van der Waals surface area contributed by atoms with Gasteiger partial charge in [0.1, 0.15) is 18.1 Å². The van der Waals surface area contributed by atoms with Gasteiger partial charge in [-0.05, 0) is 48.5 Å². The average molecular weight is 458 g/mol. The van der Waals surface area contributed by atoms with Crippen LogP contribution in [0.1, 0.15) is 15.9 Å². The highest BCUT2D eigenvalue weighted by molar-refractivity contribution is 6.34. The number of nitrogens with one attached hydrogen (secondary N) is 2. The molecular formula is C22H17Cl2N3O4. The molecule has 31 heavy (non-hydrogen) atoms. The lowest BCUT2D eigenvalue weighted by molar-refractivity contribution is 0.0967. The molecule has 3 aromatic rings. The summed E-state index contributed by atoms with van der Waals surface area (Å²) in [5.74, 6) is -0.116. The Morgan fingerprint density at radius 1 is 0.935 bits per heavy atom. The highest BCUT2D eigenvalue weighted by Crippen LogP contribution is 2.18. The van der Waals surface area contributed by atoms with Gasteiger partial charge >= 0.3 is 6.03 Å². The Balaban J connectivity index is 1.54. The molecule has 0 spiro atoms. The number of anilines is 1. The molecular weight excluding hydrogens is 441 g/mol. The lowest BCUT2D eigenvalue weighted by Crippen LogP contribution is -2.34. The van der Waals surface area contributed by atoms with Gasteiger partial charge in [-0.25, -0.2) is 4.79 Å². The minimum absolute atomic E-state index is 0.0255. The van der Waals surface area contributed by atoms with Crippen molar-refractivity contribution >= 4 is 46.5 Å². The molecule has 9 heteroatoms. The van der Waals surface area contributed by atoms with Gasteiger partial charge in [0.15, 0.2) is 0 Å². The van der Waals surface area contributed by atoms with Crippen molar-refractivity contribution in [3.05, 3.63) is 94.0 Å². The van der Waals surface area contributed by atoms with Crippen LogP contribution in [0.4, 0.5) is 10.5 Å². The number of urea groups is 1. The topological polar surface area (TPSA) is 100 Å². The lowest BCUT2D eigenvalue weighted by atomic mass is 10.1. The first-order valence-corrected chi connectivity index (χ1v) is 9.78. The first-order chi connectivity index (χ1) is 15.0. The number of amides is 3. The Bertz CT molecular complexity index is 1100. The molecule has 0 bridgehead atoms. The first kappa shape index (κ1) is 22.1. The van der Waals surface area contributed by atoms with E-state index in [4.69, 9.17) is 27.9 Å². The van der Waals surface area contributed by atoms with Gasteiger partial charge < -0.3 is 15.3 Å². The summed E-state index contributed by atoms with van der Waals surface area (Å²) in [7, 11) is 0. The van der Waals surface area contributed by atoms with E-state index in [1.807, 2.05) is 0 Å². The predicted molar refractivity (Wildman–Crippen MR) is 120 cm³/mol. The van der Waals surface area contributed by atoms with Crippen molar-refractivity contribution in [1.29, 1.82) is 0 Å². The minimum atomic E-state index is -0.698. The van der Waals surface area contributed by atoms with Crippen LogP contribution in [-0.4, -0.2) is 29.5 Å². The van der Waals surface area contributed by atoms with E-state index in [0.717, 1.165) is 0 Å². The van der Waals surface area contributed by atoms with Gasteiger partial charge in [0, 0.05) is 16.3 Å². The van der Waals surface area contributed by atoms with Crippen LogP contribution in [0.5, 0.6) is 5.75 Å². The van der Waals surface area contributed by atoms with Crippen LogP contribution >= 0.6 is 23.2 Å². The van der Waals surface area contributed by atoms with E-state index in [9.17, 15) is 14.8 Å². The van der Waals surface area contributed by atoms with Crippen molar-refractivity contribution in [1.82, 2.24) is 5.32 Å². The number of carbonyl (C=O) groups is 2. The average Bonchev–Trinajstić information content (AvgIpc) is 2.76. The molecule has 7 nitrogen and oxygen atoms in total. The van der Waals surface area contributed by atoms with Crippen molar-refractivity contribution in [2.24, 2.45) is 5.16 Å². The fourth-order valence-electron chi connectivity index (χ4n) is 2.58. The van der Waals surface area contributed by atoms with Gasteiger partial charge in [0.25, 0.3) is 5.91 Å². The zero-order chi connectivity index (χ0) is 22.2. The van der Waals surface area contributed by atoms with Crippen LogP contribution < -0.4 is 15.4 Å². The molecule has 0 heterocycles. The predicted octanol–water partition coefficient (Wildman–Crippen LogP) is 5.21. The molecule has 0 aliphatic heterocycles. The largest absolute Gasteiger partial charge is 0.487 e. The number of ether oxygens (including phenoxy) is 1. The van der Waals surface area contributed by atoms with E-state index >= 15 is 0 Å². The van der Waals surface area contributed by atoms with Crippen LogP contribution in [0.2, 0.25) is 10.0 Å². The maximum atomic E-state index is 12.1. The number of imide groups is 1. The molecule has 0 aliphatic rings. The van der Waals surface area contributed by atoms with E-state index < -0.39 is 11.9 Å². The van der Waals surface area contributed by atoms with E-state index in [2.05, 4.69) is 15.8 Å². The maximum Gasteiger partial charge on any atom is 0.326 e. The van der Waals surface area contributed by atoms with Crippen LogP contribution in [0.15, 0.2) is 78.0 Å². The Labute approximate surface area is 188 Å². The molecule has 0 atom stereocenters. The SMILES string of the molecule is O=C(NC(=O)c1ccccc1Cl)Nc1ccc(OCC(=NO)c2ccc(Cl)cc2)cc1. The van der Waals surface area contributed by atoms with Gasteiger partial charge in [-0.15, -0.1) is 0 Å². The maximum absolute atomic E-state index is 12.1. The van der Waals surface area contributed by atoms with Crippen molar-refractivity contribution in [3.63, 3.8) is 0 Å². The zero-order valence-electron chi connectivity index (χ0n) is 16.0. The summed E-state index contributed by atoms with van der Waals surface area (Å²) in [5.41, 5.74) is 1.65. The molecule has 0 saturated carbocycles. The summed E-state index contributed by atoms with van der Waals surface area (Å²) in [6.45, 7) is 0.0255. The summed E-state index contributed by atoms with van der Waals surface area (Å²) < 4.78 is 5.62. The number of oxime groups is 1. The van der Waals surface area contributed by atoms with Crippen molar-refractivity contribution in [3.8, 4) is 5.75 Å². The number of hydrogen-bond acceptors (Lipinski definition) is 5. The van der Waals surface area contributed by atoms with Crippen LogP contribution in [0.25, 0.3) is 0 Å². The second kappa shape index (κ2) is 10.5. The Morgan fingerprint density at radius 3 is 2.26 bits per heavy atom. The normalized spacial score (nSPS) is 11.0. The van der Waals surface area contributed by atoms with Crippen LogP contribution in [0.3, 0.4) is 0 Å². The highest BCUT2D eigenvalue weighted by Gasteiger charge is 2.13. The molecule has 0 saturated heterocycles.